The molecule has 0 saturated carbocycles. The second-order valence-electron chi connectivity index (χ2n) is 2.91. The quantitative estimate of drug-likeness (QED) is 0.635. The molecular weight excluding hydrogens is 158 g/mol. The van der Waals surface area contributed by atoms with Crippen LogP contribution < -0.4 is 5.32 Å². The highest BCUT2D eigenvalue weighted by Crippen LogP contribution is 2.05. The molecule has 0 spiro atoms. The average Bonchev–Trinajstić information content (AvgIpc) is 1.99. The van der Waals surface area contributed by atoms with E-state index in [2.05, 4.69) is 32.3 Å². The molecule has 80 valence electrons. The van der Waals surface area contributed by atoms with Crippen molar-refractivity contribution in [1.82, 2.24) is 5.32 Å². The van der Waals surface area contributed by atoms with Crippen LogP contribution in [-0.4, -0.2) is 6.04 Å². The Morgan fingerprint density at radius 2 is 1.69 bits per heavy atom. The summed E-state index contributed by atoms with van der Waals surface area (Å²) in [4.78, 5) is 0. The smallest absolute Gasteiger partial charge is 0.0462 e. The van der Waals surface area contributed by atoms with Crippen LogP contribution in [0.4, 0.5) is 0 Å². The van der Waals surface area contributed by atoms with E-state index in [0.29, 0.717) is 6.04 Å². The van der Waals surface area contributed by atoms with Crippen molar-refractivity contribution in [2.75, 3.05) is 0 Å². The van der Waals surface area contributed by atoms with Gasteiger partial charge in [0.25, 0.3) is 0 Å². The largest absolute Gasteiger partial charge is 0.382 e. The number of hydrogen-bond donors (Lipinski definition) is 1. The summed E-state index contributed by atoms with van der Waals surface area (Å²) in [6.07, 6.45) is 2.07. The number of rotatable bonds is 5. The van der Waals surface area contributed by atoms with E-state index in [1.54, 1.807) is 0 Å². The second kappa shape index (κ2) is 9.37. The third kappa shape index (κ3) is 7.63. The Hall–Kier alpha value is -0.720. The van der Waals surface area contributed by atoms with E-state index in [1.807, 2.05) is 6.92 Å². The Labute approximate surface area is 84.9 Å². The molecule has 0 saturated heterocycles. The fourth-order valence-corrected chi connectivity index (χ4v) is 0.922. The van der Waals surface area contributed by atoms with E-state index in [-0.39, 0.29) is 14.9 Å². The van der Waals surface area contributed by atoms with E-state index in [9.17, 15) is 0 Å². The number of nitrogens with one attached hydrogen (secondary N) is 1. The molecule has 0 amide bonds. The molecule has 0 rings (SSSR count). The van der Waals surface area contributed by atoms with Crippen LogP contribution in [0.2, 0.25) is 0 Å². The van der Waals surface area contributed by atoms with Crippen molar-refractivity contribution in [3.8, 4) is 0 Å². The number of hydrogen-bond acceptors (Lipinski definition) is 1. The summed E-state index contributed by atoms with van der Waals surface area (Å²) in [6, 6.07) is 0.405. The topological polar surface area (TPSA) is 12.0 Å². The zero-order chi connectivity index (χ0) is 8.85. The minimum Gasteiger partial charge on any atom is -0.382 e. The number of allylic oxidation sites excluding steroid dienone is 1. The van der Waals surface area contributed by atoms with Gasteiger partial charge < -0.3 is 5.32 Å². The van der Waals surface area contributed by atoms with Crippen molar-refractivity contribution >= 4 is 0 Å². The molecule has 0 aromatic heterocycles. The lowest BCUT2D eigenvalue weighted by Gasteiger charge is -2.18. The van der Waals surface area contributed by atoms with Gasteiger partial charge in [-0.15, -0.1) is 0 Å². The Balaban J connectivity index is -0.000000500. The molecule has 0 heterocycles. The minimum absolute atomic E-state index is 0. The van der Waals surface area contributed by atoms with E-state index in [1.165, 1.54) is 5.57 Å². The lowest BCUT2D eigenvalue weighted by Crippen LogP contribution is -2.27. The monoisotopic (exact) mass is 185 g/mol. The molecular formula is C12H27N. The first kappa shape index (κ1) is 18.1. The minimum atomic E-state index is 0. The van der Waals surface area contributed by atoms with Gasteiger partial charge in [0.2, 0.25) is 0 Å². The maximum absolute atomic E-state index is 3.91. The maximum atomic E-state index is 3.91. The van der Waals surface area contributed by atoms with E-state index < -0.39 is 0 Å². The van der Waals surface area contributed by atoms with Crippen LogP contribution in [0.1, 0.15) is 48.5 Å². The third-order valence-corrected chi connectivity index (χ3v) is 1.81. The molecule has 0 bridgehead atoms. The Kier molecular flexibility index (Phi) is 13.1. The molecule has 0 aliphatic rings. The van der Waals surface area contributed by atoms with Gasteiger partial charge in [0.15, 0.2) is 0 Å². The van der Waals surface area contributed by atoms with Crippen LogP contribution in [0.25, 0.3) is 0 Å². The van der Waals surface area contributed by atoms with Gasteiger partial charge >= 0.3 is 0 Å². The zero-order valence-corrected chi connectivity index (χ0v) is 7.91. The fourth-order valence-electron chi connectivity index (χ4n) is 0.922. The van der Waals surface area contributed by atoms with Crippen LogP contribution in [0, 0.1) is 0 Å². The van der Waals surface area contributed by atoms with Gasteiger partial charge in [-0.1, -0.05) is 47.4 Å². The van der Waals surface area contributed by atoms with Gasteiger partial charge in [-0.05, 0) is 19.8 Å². The van der Waals surface area contributed by atoms with E-state index in [4.69, 9.17) is 0 Å². The van der Waals surface area contributed by atoms with Crippen molar-refractivity contribution in [2.45, 2.75) is 54.5 Å². The van der Waals surface area contributed by atoms with Gasteiger partial charge in [0.05, 0.1) is 0 Å². The van der Waals surface area contributed by atoms with Crippen LogP contribution >= 0.6 is 0 Å². The van der Waals surface area contributed by atoms with Gasteiger partial charge in [0.1, 0.15) is 0 Å². The van der Waals surface area contributed by atoms with Crippen LogP contribution in [-0.2, 0) is 0 Å². The van der Waals surface area contributed by atoms with Crippen molar-refractivity contribution in [1.29, 1.82) is 0 Å². The van der Waals surface area contributed by atoms with Crippen molar-refractivity contribution in [2.24, 2.45) is 0 Å². The van der Waals surface area contributed by atoms with Gasteiger partial charge in [0, 0.05) is 11.7 Å². The first-order valence-electron chi connectivity index (χ1n) is 4.21. The summed E-state index contributed by atoms with van der Waals surface area (Å²) in [6.45, 7) is 14.1. The second-order valence-corrected chi connectivity index (χ2v) is 2.91. The van der Waals surface area contributed by atoms with Crippen LogP contribution in [0.5, 0.6) is 0 Å². The fraction of sp³-hybridized carbons (Fsp3) is 0.667. The normalized spacial score (nSPS) is 10.4. The summed E-state index contributed by atoms with van der Waals surface area (Å²) >= 11 is 0. The predicted octanol–water partition coefficient (Wildman–Crippen LogP) is 4.13. The highest BCUT2D eigenvalue weighted by molar-refractivity contribution is 5.06. The lowest BCUT2D eigenvalue weighted by atomic mass is 10.1. The summed E-state index contributed by atoms with van der Waals surface area (Å²) in [5, 5.41) is 3.32. The SMILES string of the molecule is C.C.C=C(CC)NC(CC)C(=C)C. The highest BCUT2D eigenvalue weighted by atomic mass is 14.9. The van der Waals surface area contributed by atoms with Crippen LogP contribution in [0.15, 0.2) is 24.4 Å². The summed E-state index contributed by atoms with van der Waals surface area (Å²) < 4.78 is 0. The Morgan fingerprint density at radius 1 is 1.23 bits per heavy atom. The molecule has 0 fully saturated rings. The zero-order valence-electron chi connectivity index (χ0n) is 7.91. The molecule has 0 radical (unpaired) electrons. The summed E-state index contributed by atoms with van der Waals surface area (Å²) in [5.74, 6) is 0. The highest BCUT2D eigenvalue weighted by Gasteiger charge is 2.04. The maximum Gasteiger partial charge on any atom is 0.0462 e. The third-order valence-electron chi connectivity index (χ3n) is 1.81. The molecule has 1 nitrogen and oxygen atoms in total. The molecule has 1 heteroatoms. The lowest BCUT2D eigenvalue weighted by molar-refractivity contribution is 0.609. The average molecular weight is 185 g/mol. The van der Waals surface area contributed by atoms with Crippen LogP contribution in [0.3, 0.4) is 0 Å². The molecule has 0 aromatic carbocycles. The molecule has 1 atom stereocenters. The van der Waals surface area contributed by atoms with Gasteiger partial charge in [-0.2, -0.15) is 0 Å². The van der Waals surface area contributed by atoms with E-state index in [0.717, 1.165) is 18.5 Å². The Morgan fingerprint density at radius 3 is 1.92 bits per heavy atom. The molecule has 0 aliphatic heterocycles. The molecule has 1 unspecified atom stereocenters. The molecule has 0 aliphatic carbocycles. The van der Waals surface area contributed by atoms with E-state index >= 15 is 0 Å². The Bertz CT molecular complexity index is 147. The predicted molar refractivity (Wildman–Crippen MR) is 64.9 cm³/mol. The first-order valence-corrected chi connectivity index (χ1v) is 4.21. The molecule has 1 N–H and O–H groups in total. The first-order chi connectivity index (χ1) is 5.11. The standard InChI is InChI=1S/C10H19N.2CH4/c1-6-9(5)11-10(7-2)8(3)4;;/h10-11H,3,5-7H2,1-2,4H3;2*1H4. The molecule has 13 heavy (non-hydrogen) atoms. The van der Waals surface area contributed by atoms with Gasteiger partial charge in [-0.3, -0.25) is 0 Å². The molecule has 0 aromatic rings. The van der Waals surface area contributed by atoms with Gasteiger partial charge in [-0.25, -0.2) is 0 Å². The van der Waals surface area contributed by atoms with Crippen molar-refractivity contribution < 1.29 is 0 Å². The summed E-state index contributed by atoms with van der Waals surface area (Å²) in [5.41, 5.74) is 2.28. The van der Waals surface area contributed by atoms with Crippen molar-refractivity contribution in [3.63, 3.8) is 0 Å². The summed E-state index contributed by atoms with van der Waals surface area (Å²) in [7, 11) is 0. The van der Waals surface area contributed by atoms with Crippen molar-refractivity contribution in [3.05, 3.63) is 24.4 Å².